The zero-order valence-corrected chi connectivity index (χ0v) is 13.6. The molecule has 1 aromatic carbocycles. The van der Waals surface area contributed by atoms with Crippen LogP contribution in [0.4, 0.5) is 0 Å². The van der Waals surface area contributed by atoms with E-state index in [-0.39, 0.29) is 5.41 Å². The van der Waals surface area contributed by atoms with E-state index in [1.54, 1.807) is 0 Å². The molecular formula is C17H28ClN. The number of benzene rings is 1. The van der Waals surface area contributed by atoms with E-state index >= 15 is 0 Å². The third-order valence-corrected chi connectivity index (χ3v) is 3.98. The summed E-state index contributed by atoms with van der Waals surface area (Å²) < 4.78 is 0. The van der Waals surface area contributed by atoms with Crippen LogP contribution in [-0.2, 0) is 5.41 Å². The maximum atomic E-state index is 6.19. The predicted molar refractivity (Wildman–Crippen MR) is 86.1 cm³/mol. The van der Waals surface area contributed by atoms with Crippen molar-refractivity contribution in [2.24, 2.45) is 0 Å². The molecule has 0 saturated carbocycles. The minimum Gasteiger partial charge on any atom is -0.314 e. The highest BCUT2D eigenvalue weighted by Gasteiger charge is 2.30. The van der Waals surface area contributed by atoms with E-state index in [1.807, 2.05) is 6.07 Å². The zero-order valence-electron chi connectivity index (χ0n) is 12.8. The van der Waals surface area contributed by atoms with Crippen molar-refractivity contribution in [2.45, 2.75) is 64.8 Å². The van der Waals surface area contributed by atoms with Gasteiger partial charge >= 0.3 is 0 Å². The van der Waals surface area contributed by atoms with Crippen LogP contribution in [0.1, 0.15) is 58.9 Å². The van der Waals surface area contributed by atoms with Gasteiger partial charge in [-0.3, -0.25) is 0 Å². The average molecular weight is 282 g/mol. The molecule has 0 unspecified atom stereocenters. The first-order chi connectivity index (χ1) is 9.04. The second kappa shape index (κ2) is 7.91. The second-order valence-electron chi connectivity index (χ2n) is 5.83. The molecule has 1 rings (SSSR count). The molecular weight excluding hydrogens is 254 g/mol. The van der Waals surface area contributed by atoms with Gasteiger partial charge in [0.2, 0.25) is 0 Å². The Morgan fingerprint density at radius 1 is 1.16 bits per heavy atom. The largest absolute Gasteiger partial charge is 0.314 e. The fraction of sp³-hybridized carbons (Fsp3) is 0.647. The van der Waals surface area contributed by atoms with Gasteiger partial charge in [-0.05, 0) is 30.5 Å². The molecule has 1 nitrogen and oxygen atoms in total. The van der Waals surface area contributed by atoms with Gasteiger partial charge in [-0.15, -0.1) is 0 Å². The lowest BCUT2D eigenvalue weighted by molar-refractivity contribution is 0.324. The molecule has 2 heteroatoms. The first kappa shape index (κ1) is 16.5. The van der Waals surface area contributed by atoms with Crippen LogP contribution in [0.3, 0.4) is 0 Å². The molecule has 1 aromatic rings. The van der Waals surface area contributed by atoms with E-state index in [0.717, 1.165) is 11.6 Å². The fourth-order valence-electron chi connectivity index (χ4n) is 2.87. The summed E-state index contributed by atoms with van der Waals surface area (Å²) in [5.74, 6) is 0. The van der Waals surface area contributed by atoms with Crippen LogP contribution in [0.25, 0.3) is 0 Å². The van der Waals surface area contributed by atoms with Gasteiger partial charge in [0, 0.05) is 23.0 Å². The normalized spacial score (nSPS) is 12.1. The van der Waals surface area contributed by atoms with Gasteiger partial charge in [-0.25, -0.2) is 0 Å². The Labute approximate surface area is 123 Å². The monoisotopic (exact) mass is 281 g/mol. The van der Waals surface area contributed by atoms with Gasteiger partial charge < -0.3 is 5.32 Å². The minimum atomic E-state index is 0.221. The average Bonchev–Trinajstić information content (AvgIpc) is 2.36. The van der Waals surface area contributed by atoms with Gasteiger partial charge in [0.1, 0.15) is 0 Å². The molecule has 0 aliphatic rings. The van der Waals surface area contributed by atoms with Crippen molar-refractivity contribution in [2.75, 3.05) is 6.54 Å². The molecule has 0 heterocycles. The summed E-state index contributed by atoms with van der Waals surface area (Å²) in [7, 11) is 0. The van der Waals surface area contributed by atoms with Gasteiger partial charge in [-0.1, -0.05) is 64.3 Å². The molecule has 1 N–H and O–H groups in total. The fourth-order valence-corrected chi connectivity index (χ4v) is 3.06. The number of hydrogen-bond acceptors (Lipinski definition) is 1. The van der Waals surface area contributed by atoms with Crippen molar-refractivity contribution >= 4 is 11.6 Å². The molecule has 0 atom stereocenters. The van der Waals surface area contributed by atoms with E-state index in [9.17, 15) is 0 Å². The van der Waals surface area contributed by atoms with E-state index in [1.165, 1.54) is 31.2 Å². The minimum absolute atomic E-state index is 0.221. The third-order valence-electron chi connectivity index (χ3n) is 3.74. The standard InChI is InChI=1S/C17H28ClN/c1-5-10-17(11-6-2,13-19-14(3)4)15-8-7-9-16(18)12-15/h7-9,12,14,19H,5-6,10-11,13H2,1-4H3. The van der Waals surface area contributed by atoms with Crippen LogP contribution in [0, 0.1) is 0 Å². The Hall–Kier alpha value is -0.530. The maximum Gasteiger partial charge on any atom is 0.0408 e. The highest BCUT2D eigenvalue weighted by molar-refractivity contribution is 6.30. The smallest absolute Gasteiger partial charge is 0.0408 e. The van der Waals surface area contributed by atoms with Gasteiger partial charge in [-0.2, -0.15) is 0 Å². The molecule has 0 spiro atoms. The third kappa shape index (κ3) is 4.81. The summed E-state index contributed by atoms with van der Waals surface area (Å²) in [5, 5.41) is 4.48. The topological polar surface area (TPSA) is 12.0 Å². The van der Waals surface area contributed by atoms with Gasteiger partial charge in [0.15, 0.2) is 0 Å². The van der Waals surface area contributed by atoms with Gasteiger partial charge in [0.25, 0.3) is 0 Å². The Morgan fingerprint density at radius 2 is 1.79 bits per heavy atom. The summed E-state index contributed by atoms with van der Waals surface area (Å²) in [6.07, 6.45) is 4.82. The quantitative estimate of drug-likeness (QED) is 0.693. The van der Waals surface area contributed by atoms with Crippen LogP contribution in [0.2, 0.25) is 5.02 Å². The highest BCUT2D eigenvalue weighted by Crippen LogP contribution is 2.35. The Morgan fingerprint density at radius 3 is 2.26 bits per heavy atom. The molecule has 19 heavy (non-hydrogen) atoms. The van der Waals surface area contributed by atoms with E-state index in [2.05, 4.69) is 51.2 Å². The molecule has 0 aromatic heterocycles. The number of halogens is 1. The van der Waals surface area contributed by atoms with Crippen molar-refractivity contribution in [3.8, 4) is 0 Å². The molecule has 0 fully saturated rings. The molecule has 0 saturated heterocycles. The SMILES string of the molecule is CCCC(CCC)(CNC(C)C)c1cccc(Cl)c1. The molecule has 0 bridgehead atoms. The Kier molecular flexibility index (Phi) is 6.88. The molecule has 0 aliphatic heterocycles. The van der Waals surface area contributed by atoms with E-state index in [4.69, 9.17) is 11.6 Å². The lowest BCUT2D eigenvalue weighted by Gasteiger charge is -2.35. The Balaban J connectivity index is 3.06. The Bertz CT molecular complexity index is 367. The number of hydrogen-bond donors (Lipinski definition) is 1. The predicted octanol–water partition coefficient (Wildman–Crippen LogP) is 5.18. The highest BCUT2D eigenvalue weighted by atomic mass is 35.5. The van der Waals surface area contributed by atoms with Gasteiger partial charge in [0.05, 0.1) is 0 Å². The summed E-state index contributed by atoms with van der Waals surface area (Å²) >= 11 is 6.19. The van der Waals surface area contributed by atoms with Crippen LogP contribution in [0.5, 0.6) is 0 Å². The zero-order chi connectivity index (χ0) is 14.3. The van der Waals surface area contributed by atoms with Crippen molar-refractivity contribution < 1.29 is 0 Å². The number of nitrogens with one attached hydrogen (secondary N) is 1. The van der Waals surface area contributed by atoms with Crippen molar-refractivity contribution in [1.29, 1.82) is 0 Å². The van der Waals surface area contributed by atoms with Crippen molar-refractivity contribution in [3.05, 3.63) is 34.9 Å². The van der Waals surface area contributed by atoms with Crippen molar-refractivity contribution in [1.82, 2.24) is 5.32 Å². The first-order valence-corrected chi connectivity index (χ1v) is 7.91. The first-order valence-electron chi connectivity index (χ1n) is 7.53. The summed E-state index contributed by atoms with van der Waals surface area (Å²) in [4.78, 5) is 0. The second-order valence-corrected chi connectivity index (χ2v) is 6.26. The van der Waals surface area contributed by atoms with Crippen LogP contribution < -0.4 is 5.32 Å². The van der Waals surface area contributed by atoms with Crippen LogP contribution >= 0.6 is 11.6 Å². The lowest BCUT2D eigenvalue weighted by atomic mass is 9.73. The summed E-state index contributed by atoms with van der Waals surface area (Å²) in [6, 6.07) is 8.94. The van der Waals surface area contributed by atoms with Crippen LogP contribution in [0.15, 0.2) is 24.3 Å². The van der Waals surface area contributed by atoms with Crippen molar-refractivity contribution in [3.63, 3.8) is 0 Å². The number of rotatable bonds is 8. The molecule has 0 amide bonds. The molecule has 108 valence electrons. The summed E-state index contributed by atoms with van der Waals surface area (Å²) in [6.45, 7) is 9.99. The lowest BCUT2D eigenvalue weighted by Crippen LogP contribution is -2.41. The summed E-state index contributed by atoms with van der Waals surface area (Å²) in [5.41, 5.74) is 1.61. The molecule has 0 aliphatic carbocycles. The molecule has 0 radical (unpaired) electrons. The van der Waals surface area contributed by atoms with E-state index in [0.29, 0.717) is 6.04 Å². The van der Waals surface area contributed by atoms with Crippen LogP contribution in [-0.4, -0.2) is 12.6 Å². The maximum absolute atomic E-state index is 6.19. The van der Waals surface area contributed by atoms with E-state index < -0.39 is 0 Å².